The highest BCUT2D eigenvalue weighted by Crippen LogP contribution is 2.24. The lowest BCUT2D eigenvalue weighted by Crippen LogP contribution is -2.41. The molecule has 0 aliphatic carbocycles. The first kappa shape index (κ1) is 21.6. The number of pyridine rings is 1. The van der Waals surface area contributed by atoms with E-state index in [0.717, 1.165) is 27.1 Å². The minimum Gasteiger partial charge on any atom is -0.480 e. The first-order valence-corrected chi connectivity index (χ1v) is 11.3. The topological polar surface area (TPSA) is 79.3 Å². The van der Waals surface area contributed by atoms with E-state index in [1.165, 1.54) is 11.8 Å². The van der Waals surface area contributed by atoms with E-state index in [2.05, 4.69) is 10.3 Å². The van der Waals surface area contributed by atoms with Gasteiger partial charge in [-0.05, 0) is 35.7 Å². The van der Waals surface area contributed by atoms with Gasteiger partial charge in [-0.15, -0.1) is 11.8 Å². The van der Waals surface area contributed by atoms with E-state index in [4.69, 9.17) is 0 Å². The van der Waals surface area contributed by atoms with Crippen LogP contribution < -0.4 is 5.32 Å². The molecule has 5 nitrogen and oxygen atoms in total. The Kier molecular flexibility index (Phi) is 6.82. The molecule has 0 fully saturated rings. The van der Waals surface area contributed by atoms with Crippen LogP contribution >= 0.6 is 11.8 Å². The lowest BCUT2D eigenvalue weighted by Gasteiger charge is -2.16. The van der Waals surface area contributed by atoms with Gasteiger partial charge >= 0.3 is 5.97 Å². The first-order chi connectivity index (χ1) is 15.6. The molecule has 0 spiro atoms. The van der Waals surface area contributed by atoms with E-state index in [0.29, 0.717) is 11.3 Å². The molecule has 1 heterocycles. The Bertz CT molecular complexity index is 1240. The van der Waals surface area contributed by atoms with Crippen molar-refractivity contribution in [2.75, 3.05) is 5.75 Å². The molecular formula is C26H22N2O3S. The molecule has 0 aliphatic rings. The number of carbonyl (C=O) groups is 2. The largest absolute Gasteiger partial charge is 0.480 e. The van der Waals surface area contributed by atoms with Gasteiger partial charge in [-0.1, -0.05) is 72.8 Å². The Morgan fingerprint density at radius 3 is 2.41 bits per heavy atom. The van der Waals surface area contributed by atoms with Crippen LogP contribution in [0.15, 0.2) is 96.0 Å². The minimum absolute atomic E-state index is 0.285. The molecule has 0 saturated heterocycles. The Morgan fingerprint density at radius 2 is 1.59 bits per heavy atom. The maximum Gasteiger partial charge on any atom is 0.326 e. The van der Waals surface area contributed by atoms with Crippen molar-refractivity contribution in [3.8, 4) is 11.1 Å². The molecule has 0 unspecified atom stereocenters. The highest BCUT2D eigenvalue weighted by molar-refractivity contribution is 7.99. The number of carboxylic acid groups (broad SMARTS) is 1. The van der Waals surface area contributed by atoms with Crippen molar-refractivity contribution < 1.29 is 14.7 Å². The number of aliphatic carboxylic acids is 1. The fraction of sp³-hybridized carbons (Fsp3) is 0.115. The number of thioether (sulfide) groups is 1. The molecule has 0 saturated carbocycles. The third-order valence-corrected chi connectivity index (χ3v) is 6.05. The highest BCUT2D eigenvalue weighted by Gasteiger charge is 2.22. The van der Waals surface area contributed by atoms with Gasteiger partial charge in [0.2, 0.25) is 0 Å². The van der Waals surface area contributed by atoms with Crippen LogP contribution in [0.5, 0.6) is 0 Å². The third-order valence-electron chi connectivity index (χ3n) is 5.09. The molecule has 0 radical (unpaired) electrons. The van der Waals surface area contributed by atoms with Crippen LogP contribution in [0.25, 0.3) is 22.0 Å². The Hall–Kier alpha value is -3.64. The summed E-state index contributed by atoms with van der Waals surface area (Å²) in [6, 6.07) is 27.6. The molecule has 1 atom stereocenters. The van der Waals surface area contributed by atoms with E-state index < -0.39 is 17.9 Å². The number of para-hydroxylation sites is 1. The molecule has 3 aromatic carbocycles. The number of carboxylic acids is 1. The molecule has 1 amide bonds. The first-order valence-electron chi connectivity index (χ1n) is 10.3. The number of nitrogens with zero attached hydrogens (tertiary/aromatic N) is 1. The molecule has 160 valence electrons. The smallest absolute Gasteiger partial charge is 0.326 e. The number of rotatable bonds is 8. The predicted molar refractivity (Wildman–Crippen MR) is 128 cm³/mol. The lowest BCUT2D eigenvalue weighted by atomic mass is 9.99. The van der Waals surface area contributed by atoms with Crippen molar-refractivity contribution in [3.05, 3.63) is 96.6 Å². The average Bonchev–Trinajstić information content (AvgIpc) is 2.83. The summed E-state index contributed by atoms with van der Waals surface area (Å²) in [5.74, 6) is -0.934. The van der Waals surface area contributed by atoms with Crippen molar-refractivity contribution in [2.45, 2.75) is 17.5 Å². The molecule has 0 bridgehead atoms. The van der Waals surface area contributed by atoms with Crippen LogP contribution in [0.4, 0.5) is 0 Å². The van der Waals surface area contributed by atoms with Gasteiger partial charge in [-0.3, -0.25) is 4.79 Å². The van der Waals surface area contributed by atoms with Crippen LogP contribution in [-0.2, 0) is 4.79 Å². The number of benzene rings is 3. The van der Waals surface area contributed by atoms with Gasteiger partial charge in [-0.2, -0.15) is 0 Å². The van der Waals surface area contributed by atoms with Gasteiger partial charge in [0.1, 0.15) is 6.04 Å². The summed E-state index contributed by atoms with van der Waals surface area (Å²) in [6.07, 6.45) is 0.285. The van der Waals surface area contributed by atoms with E-state index in [-0.39, 0.29) is 6.42 Å². The van der Waals surface area contributed by atoms with Crippen LogP contribution in [0.1, 0.15) is 16.8 Å². The molecule has 2 N–H and O–H groups in total. The van der Waals surface area contributed by atoms with Crippen molar-refractivity contribution in [2.24, 2.45) is 0 Å². The van der Waals surface area contributed by atoms with Crippen LogP contribution in [0, 0.1) is 0 Å². The number of amides is 1. The standard InChI is InChI=1S/C26H22N2O3S/c29-25(21-12-6-5-11-20(21)18-8-2-1-3-9-18)28-23(26(30)31)16-17-32-24-15-14-19-10-4-7-13-22(19)27-24/h1-15,23H,16-17H2,(H,28,29)(H,30,31)/t23-/m0/s1. The summed E-state index contributed by atoms with van der Waals surface area (Å²) in [5, 5.41) is 14.2. The Labute approximate surface area is 190 Å². The number of fused-ring (bicyclic) bond motifs is 1. The molecule has 1 aromatic heterocycles. The van der Waals surface area contributed by atoms with E-state index in [1.54, 1.807) is 12.1 Å². The molecule has 4 aromatic rings. The zero-order valence-corrected chi connectivity index (χ0v) is 18.1. The predicted octanol–water partition coefficient (Wildman–Crippen LogP) is 5.27. The minimum atomic E-state index is -1.05. The molecule has 4 rings (SSSR count). The number of aromatic nitrogens is 1. The monoisotopic (exact) mass is 442 g/mol. The molecule has 6 heteroatoms. The number of carbonyl (C=O) groups excluding carboxylic acids is 1. The Morgan fingerprint density at radius 1 is 0.875 bits per heavy atom. The van der Waals surface area contributed by atoms with Crippen molar-refractivity contribution in [1.82, 2.24) is 10.3 Å². The normalized spacial score (nSPS) is 11.8. The zero-order chi connectivity index (χ0) is 22.3. The van der Waals surface area contributed by atoms with E-state index in [1.807, 2.05) is 78.9 Å². The second-order valence-corrected chi connectivity index (χ2v) is 8.37. The second kappa shape index (κ2) is 10.1. The fourth-order valence-corrected chi connectivity index (χ4v) is 4.34. The summed E-state index contributed by atoms with van der Waals surface area (Å²) < 4.78 is 0. The molecule has 32 heavy (non-hydrogen) atoms. The fourth-order valence-electron chi connectivity index (χ4n) is 3.45. The van der Waals surface area contributed by atoms with Gasteiger partial charge in [0.25, 0.3) is 5.91 Å². The number of hydrogen-bond donors (Lipinski definition) is 2. The van der Waals surface area contributed by atoms with Gasteiger partial charge < -0.3 is 10.4 Å². The van der Waals surface area contributed by atoms with Gasteiger partial charge in [0, 0.05) is 16.7 Å². The quantitative estimate of drug-likeness (QED) is 0.364. The van der Waals surface area contributed by atoms with Crippen molar-refractivity contribution in [3.63, 3.8) is 0 Å². The number of nitrogens with one attached hydrogen (secondary N) is 1. The van der Waals surface area contributed by atoms with Crippen LogP contribution in [0.3, 0.4) is 0 Å². The summed E-state index contributed by atoms with van der Waals surface area (Å²) in [6.45, 7) is 0. The maximum atomic E-state index is 12.9. The van der Waals surface area contributed by atoms with Gasteiger partial charge in [0.05, 0.1) is 10.5 Å². The van der Waals surface area contributed by atoms with E-state index >= 15 is 0 Å². The molecule has 0 aliphatic heterocycles. The summed E-state index contributed by atoms with van der Waals surface area (Å²) >= 11 is 1.48. The number of hydrogen-bond acceptors (Lipinski definition) is 4. The third kappa shape index (κ3) is 5.15. The van der Waals surface area contributed by atoms with E-state index in [9.17, 15) is 14.7 Å². The highest BCUT2D eigenvalue weighted by atomic mass is 32.2. The second-order valence-electron chi connectivity index (χ2n) is 7.26. The van der Waals surface area contributed by atoms with Gasteiger partial charge in [0.15, 0.2) is 0 Å². The zero-order valence-electron chi connectivity index (χ0n) is 17.3. The summed E-state index contributed by atoms with van der Waals surface area (Å²) in [4.78, 5) is 29.3. The SMILES string of the molecule is O=C(N[C@@H](CCSc1ccc2ccccc2n1)C(=O)O)c1ccccc1-c1ccccc1. The lowest BCUT2D eigenvalue weighted by molar-refractivity contribution is -0.139. The van der Waals surface area contributed by atoms with Crippen molar-refractivity contribution >= 4 is 34.5 Å². The summed E-state index contributed by atoms with van der Waals surface area (Å²) in [7, 11) is 0. The summed E-state index contributed by atoms with van der Waals surface area (Å²) in [5.41, 5.74) is 3.03. The molecular weight excluding hydrogens is 420 g/mol. The maximum absolute atomic E-state index is 12.9. The van der Waals surface area contributed by atoms with Crippen LogP contribution in [0.2, 0.25) is 0 Å². The Balaban J connectivity index is 1.42. The average molecular weight is 443 g/mol. The van der Waals surface area contributed by atoms with Crippen LogP contribution in [-0.4, -0.2) is 33.8 Å². The van der Waals surface area contributed by atoms with Gasteiger partial charge in [-0.25, -0.2) is 9.78 Å². The van der Waals surface area contributed by atoms with Crippen molar-refractivity contribution in [1.29, 1.82) is 0 Å².